The first-order chi connectivity index (χ1) is 15.5. The van der Waals surface area contributed by atoms with Gasteiger partial charge in [0.05, 0.1) is 42.9 Å². The molecule has 0 saturated heterocycles. The Balaban J connectivity index is 1.90. The smallest absolute Gasteiger partial charge is 0.338 e. The number of benzene rings is 1. The Bertz CT molecular complexity index is 1360. The molecule has 0 aliphatic carbocycles. The van der Waals surface area contributed by atoms with Gasteiger partial charge in [0.15, 0.2) is 16.3 Å². The fraction of sp³-hybridized carbons (Fsp3) is 0.261. The van der Waals surface area contributed by atoms with Crippen molar-refractivity contribution in [3.8, 4) is 11.5 Å². The predicted octanol–water partition coefficient (Wildman–Crippen LogP) is 2.41. The molecule has 9 heteroatoms. The van der Waals surface area contributed by atoms with Crippen LogP contribution in [0.3, 0.4) is 0 Å². The van der Waals surface area contributed by atoms with Crippen molar-refractivity contribution in [3.05, 3.63) is 78.9 Å². The maximum atomic E-state index is 13.4. The molecule has 0 saturated carbocycles. The van der Waals surface area contributed by atoms with E-state index in [1.165, 1.54) is 22.2 Å². The Morgan fingerprint density at radius 1 is 1.25 bits per heavy atom. The second-order valence-corrected chi connectivity index (χ2v) is 7.94. The number of carbonyl (C=O) groups is 1. The third-order valence-corrected chi connectivity index (χ3v) is 6.02. The molecule has 0 N–H and O–H groups in total. The first-order valence-electron chi connectivity index (χ1n) is 9.93. The summed E-state index contributed by atoms with van der Waals surface area (Å²) in [5.74, 6) is 1.09. The number of furan rings is 1. The standard InChI is InChI=1S/C23H22N2O6S/c1-5-30-22(27)19-13(2)24-23-25(20(19)16-7-6-10-31-16)21(26)18(32-23)12-14-8-9-15(28-3)17(11-14)29-4/h6-12,20H,5H2,1-4H3/b18-12-/t20-/m0/s1. The molecule has 3 heterocycles. The molecule has 1 atom stereocenters. The van der Waals surface area contributed by atoms with E-state index in [0.29, 0.717) is 32.3 Å². The van der Waals surface area contributed by atoms with Crippen LogP contribution in [-0.4, -0.2) is 31.4 Å². The van der Waals surface area contributed by atoms with Gasteiger partial charge in [-0.05, 0) is 49.8 Å². The van der Waals surface area contributed by atoms with Gasteiger partial charge in [0, 0.05) is 0 Å². The molecule has 0 fully saturated rings. The average Bonchev–Trinajstić information content (AvgIpc) is 3.41. The summed E-state index contributed by atoms with van der Waals surface area (Å²) in [6.07, 6.45) is 3.27. The molecule has 8 nitrogen and oxygen atoms in total. The summed E-state index contributed by atoms with van der Waals surface area (Å²) in [5, 5.41) is 0. The maximum Gasteiger partial charge on any atom is 0.338 e. The van der Waals surface area contributed by atoms with Crippen molar-refractivity contribution < 1.29 is 23.4 Å². The highest BCUT2D eigenvalue weighted by Gasteiger charge is 2.35. The van der Waals surface area contributed by atoms with Crippen molar-refractivity contribution in [1.82, 2.24) is 4.57 Å². The van der Waals surface area contributed by atoms with Crippen molar-refractivity contribution in [2.24, 2.45) is 4.99 Å². The van der Waals surface area contributed by atoms with Crippen LogP contribution in [0, 0.1) is 0 Å². The molecule has 3 aromatic rings. The van der Waals surface area contributed by atoms with E-state index in [1.807, 2.05) is 6.07 Å². The van der Waals surface area contributed by atoms with Gasteiger partial charge >= 0.3 is 5.97 Å². The highest BCUT2D eigenvalue weighted by Crippen LogP contribution is 2.31. The van der Waals surface area contributed by atoms with E-state index in [4.69, 9.17) is 18.6 Å². The topological polar surface area (TPSA) is 92.3 Å². The van der Waals surface area contributed by atoms with E-state index < -0.39 is 12.0 Å². The second-order valence-electron chi connectivity index (χ2n) is 6.93. The Morgan fingerprint density at radius 2 is 2.03 bits per heavy atom. The van der Waals surface area contributed by atoms with E-state index >= 15 is 0 Å². The zero-order chi connectivity index (χ0) is 22.8. The van der Waals surface area contributed by atoms with Crippen LogP contribution in [0.4, 0.5) is 0 Å². The Labute approximate surface area is 187 Å². The number of esters is 1. The number of methoxy groups -OCH3 is 2. The van der Waals surface area contributed by atoms with Crippen LogP contribution in [0.25, 0.3) is 6.08 Å². The molecular formula is C23H22N2O6S. The third kappa shape index (κ3) is 3.75. The molecule has 0 amide bonds. The van der Waals surface area contributed by atoms with E-state index in [1.54, 1.807) is 58.4 Å². The Hall–Kier alpha value is -3.59. The summed E-state index contributed by atoms with van der Waals surface area (Å²) >= 11 is 1.24. The number of ether oxygens (including phenoxy) is 3. The van der Waals surface area contributed by atoms with Crippen molar-refractivity contribution in [2.45, 2.75) is 19.9 Å². The molecular weight excluding hydrogens is 432 g/mol. The summed E-state index contributed by atoms with van der Waals surface area (Å²) in [6.45, 7) is 3.67. The molecule has 1 aromatic carbocycles. The van der Waals surface area contributed by atoms with Gasteiger partial charge in [0.25, 0.3) is 5.56 Å². The molecule has 1 aliphatic heterocycles. The van der Waals surface area contributed by atoms with Gasteiger partial charge in [-0.15, -0.1) is 0 Å². The van der Waals surface area contributed by atoms with Crippen LogP contribution in [0.2, 0.25) is 0 Å². The predicted molar refractivity (Wildman–Crippen MR) is 119 cm³/mol. The highest BCUT2D eigenvalue weighted by atomic mass is 32.1. The van der Waals surface area contributed by atoms with Crippen LogP contribution >= 0.6 is 11.3 Å². The minimum absolute atomic E-state index is 0.213. The fourth-order valence-electron chi connectivity index (χ4n) is 3.60. The lowest BCUT2D eigenvalue weighted by Crippen LogP contribution is -2.39. The van der Waals surface area contributed by atoms with Crippen LogP contribution in [0.1, 0.15) is 31.2 Å². The van der Waals surface area contributed by atoms with E-state index in [9.17, 15) is 9.59 Å². The number of hydrogen-bond donors (Lipinski definition) is 0. The lowest BCUT2D eigenvalue weighted by atomic mass is 10.0. The summed E-state index contributed by atoms with van der Waals surface area (Å²) < 4.78 is 23.4. The lowest BCUT2D eigenvalue weighted by Gasteiger charge is -2.22. The molecule has 1 aliphatic rings. The molecule has 2 aromatic heterocycles. The number of rotatable bonds is 6. The second kappa shape index (κ2) is 8.88. The number of fused-ring (bicyclic) bond motifs is 1. The highest BCUT2D eigenvalue weighted by molar-refractivity contribution is 7.07. The summed E-state index contributed by atoms with van der Waals surface area (Å²) in [5.41, 5.74) is 1.26. The molecule has 0 bridgehead atoms. The van der Waals surface area contributed by atoms with Gasteiger partial charge in [0.1, 0.15) is 11.8 Å². The quantitative estimate of drug-likeness (QED) is 0.531. The number of thiazole rings is 1. The molecule has 166 valence electrons. The van der Waals surface area contributed by atoms with Crippen molar-refractivity contribution in [1.29, 1.82) is 0 Å². The first-order valence-corrected chi connectivity index (χ1v) is 10.7. The first kappa shape index (κ1) is 21.6. The van der Waals surface area contributed by atoms with Crippen LogP contribution in [-0.2, 0) is 9.53 Å². The Kier molecular flexibility index (Phi) is 6.00. The molecule has 0 radical (unpaired) electrons. The van der Waals surface area contributed by atoms with Crippen LogP contribution < -0.4 is 24.4 Å². The number of carbonyl (C=O) groups excluding carboxylic acids is 1. The molecule has 4 rings (SSSR count). The van der Waals surface area contributed by atoms with E-state index in [0.717, 1.165) is 5.56 Å². The average molecular weight is 455 g/mol. The van der Waals surface area contributed by atoms with Gasteiger partial charge < -0.3 is 18.6 Å². The maximum absolute atomic E-state index is 13.4. The van der Waals surface area contributed by atoms with Gasteiger partial charge in [-0.2, -0.15) is 0 Å². The van der Waals surface area contributed by atoms with Gasteiger partial charge in [0.2, 0.25) is 0 Å². The molecule has 0 unspecified atom stereocenters. The minimum atomic E-state index is -0.757. The van der Waals surface area contributed by atoms with Gasteiger partial charge in [-0.25, -0.2) is 9.79 Å². The molecule has 0 spiro atoms. The summed E-state index contributed by atoms with van der Waals surface area (Å²) in [7, 11) is 3.12. The van der Waals surface area contributed by atoms with E-state index in [-0.39, 0.29) is 17.7 Å². The van der Waals surface area contributed by atoms with Gasteiger partial charge in [-0.1, -0.05) is 17.4 Å². The minimum Gasteiger partial charge on any atom is -0.493 e. The van der Waals surface area contributed by atoms with Gasteiger partial charge in [-0.3, -0.25) is 9.36 Å². The normalized spacial score (nSPS) is 15.9. The third-order valence-electron chi connectivity index (χ3n) is 5.04. The lowest BCUT2D eigenvalue weighted by molar-refractivity contribution is -0.139. The fourth-order valence-corrected chi connectivity index (χ4v) is 4.65. The number of nitrogens with zero attached hydrogens (tertiary/aromatic N) is 2. The van der Waals surface area contributed by atoms with Crippen LogP contribution in [0.15, 0.2) is 62.1 Å². The number of aromatic nitrogens is 1. The van der Waals surface area contributed by atoms with Crippen molar-refractivity contribution >= 4 is 23.4 Å². The SMILES string of the molecule is CCOC(=O)C1=C(C)N=c2s/c(=C\c3ccc(OC)c(OC)c3)c(=O)n2[C@H]1c1ccco1. The summed E-state index contributed by atoms with van der Waals surface area (Å²) in [6, 6.07) is 8.08. The Morgan fingerprint density at radius 3 is 2.69 bits per heavy atom. The molecule has 32 heavy (non-hydrogen) atoms. The number of allylic oxidation sites excluding steroid dienone is 1. The van der Waals surface area contributed by atoms with Crippen molar-refractivity contribution in [3.63, 3.8) is 0 Å². The van der Waals surface area contributed by atoms with Crippen LogP contribution in [0.5, 0.6) is 11.5 Å². The summed E-state index contributed by atoms with van der Waals surface area (Å²) in [4.78, 5) is 31.2. The largest absolute Gasteiger partial charge is 0.493 e. The van der Waals surface area contributed by atoms with E-state index in [2.05, 4.69) is 4.99 Å². The number of hydrogen-bond acceptors (Lipinski definition) is 8. The zero-order valence-electron chi connectivity index (χ0n) is 18.1. The zero-order valence-corrected chi connectivity index (χ0v) is 18.9. The monoisotopic (exact) mass is 454 g/mol. The van der Waals surface area contributed by atoms with Crippen molar-refractivity contribution in [2.75, 3.05) is 20.8 Å².